The lowest BCUT2D eigenvalue weighted by atomic mass is 10.1. The largest absolute Gasteiger partial charge is 0.508 e. The summed E-state index contributed by atoms with van der Waals surface area (Å²) in [6, 6.07) is 14.2. The second-order valence-electron chi connectivity index (χ2n) is 4.51. The number of amides is 1. The van der Waals surface area contributed by atoms with Crippen molar-refractivity contribution in [3.8, 4) is 5.75 Å². The van der Waals surface area contributed by atoms with Gasteiger partial charge in [0.25, 0.3) is 5.91 Å². The van der Waals surface area contributed by atoms with Crippen LogP contribution in [0.5, 0.6) is 5.75 Å². The summed E-state index contributed by atoms with van der Waals surface area (Å²) in [4.78, 5) is 12.0. The molecule has 1 amide bonds. The number of benzene rings is 2. The summed E-state index contributed by atoms with van der Waals surface area (Å²) < 4.78 is 0. The molecule has 0 aliphatic heterocycles. The molecule has 2 N–H and O–H groups in total. The fourth-order valence-electron chi connectivity index (χ4n) is 1.88. The van der Waals surface area contributed by atoms with E-state index in [-0.39, 0.29) is 11.7 Å². The fraction of sp³-hybridized carbons (Fsp3) is 0.188. The van der Waals surface area contributed by atoms with Gasteiger partial charge in [-0.3, -0.25) is 4.79 Å². The topological polar surface area (TPSA) is 49.3 Å². The molecule has 2 rings (SSSR count). The molecule has 0 fully saturated rings. The van der Waals surface area contributed by atoms with Gasteiger partial charge in [0.1, 0.15) is 5.75 Å². The van der Waals surface area contributed by atoms with Crippen LogP contribution in [0.4, 0.5) is 0 Å². The van der Waals surface area contributed by atoms with Crippen molar-refractivity contribution < 1.29 is 9.90 Å². The summed E-state index contributed by atoms with van der Waals surface area (Å²) in [5, 5.41) is 12.1. The zero-order chi connectivity index (χ0) is 14.4. The van der Waals surface area contributed by atoms with Gasteiger partial charge in [0, 0.05) is 18.0 Å². The van der Waals surface area contributed by atoms with Crippen molar-refractivity contribution in [3.05, 3.63) is 65.2 Å². The third-order valence-corrected chi connectivity index (χ3v) is 3.29. The maximum absolute atomic E-state index is 12.0. The van der Waals surface area contributed by atoms with Gasteiger partial charge >= 0.3 is 0 Å². The van der Waals surface area contributed by atoms with Crippen LogP contribution >= 0.6 is 11.6 Å². The molecule has 3 nitrogen and oxygen atoms in total. The number of phenolic OH excluding ortho intramolecular Hbond substituents is 1. The van der Waals surface area contributed by atoms with E-state index in [2.05, 4.69) is 5.32 Å². The lowest BCUT2D eigenvalue weighted by molar-refractivity contribution is 0.0954. The summed E-state index contributed by atoms with van der Waals surface area (Å²) in [5.41, 5.74) is 2.62. The van der Waals surface area contributed by atoms with E-state index in [1.807, 2.05) is 24.3 Å². The Morgan fingerprint density at radius 1 is 1.10 bits per heavy atom. The second-order valence-corrected chi connectivity index (χ2v) is 4.77. The Hall–Kier alpha value is -2.00. The standard InChI is InChI=1S/C16H16ClNO2/c17-11-13-2-1-3-14(10-13)16(20)18-9-8-12-4-6-15(19)7-5-12/h1-7,10,19H,8-9,11H2,(H,18,20). The second kappa shape index (κ2) is 6.96. The Morgan fingerprint density at radius 3 is 2.55 bits per heavy atom. The highest BCUT2D eigenvalue weighted by Crippen LogP contribution is 2.10. The van der Waals surface area contributed by atoms with Crippen molar-refractivity contribution in [2.24, 2.45) is 0 Å². The SMILES string of the molecule is O=C(NCCc1ccc(O)cc1)c1cccc(CCl)c1. The number of aromatic hydroxyl groups is 1. The van der Waals surface area contributed by atoms with E-state index < -0.39 is 0 Å². The van der Waals surface area contributed by atoms with Crippen molar-refractivity contribution in [1.82, 2.24) is 5.32 Å². The lowest BCUT2D eigenvalue weighted by Crippen LogP contribution is -2.25. The third kappa shape index (κ3) is 4.00. The molecule has 2 aromatic carbocycles. The third-order valence-electron chi connectivity index (χ3n) is 2.98. The van der Waals surface area contributed by atoms with Crippen molar-refractivity contribution in [1.29, 1.82) is 0 Å². The molecule has 0 aliphatic rings. The first-order chi connectivity index (χ1) is 9.69. The molecule has 0 bridgehead atoms. The quantitative estimate of drug-likeness (QED) is 0.831. The van der Waals surface area contributed by atoms with Crippen molar-refractivity contribution >= 4 is 17.5 Å². The number of alkyl halides is 1. The molecule has 0 saturated heterocycles. The minimum atomic E-state index is -0.101. The zero-order valence-electron chi connectivity index (χ0n) is 11.0. The summed E-state index contributed by atoms with van der Waals surface area (Å²) in [6.07, 6.45) is 0.723. The highest BCUT2D eigenvalue weighted by Gasteiger charge is 2.05. The number of halogens is 1. The molecule has 104 valence electrons. The summed E-state index contributed by atoms with van der Waals surface area (Å²) in [5.74, 6) is 0.542. The number of carbonyl (C=O) groups excluding carboxylic acids is 1. The minimum absolute atomic E-state index is 0.101. The number of rotatable bonds is 5. The van der Waals surface area contributed by atoms with E-state index in [9.17, 15) is 9.90 Å². The van der Waals surface area contributed by atoms with Crippen LogP contribution in [-0.4, -0.2) is 17.6 Å². The van der Waals surface area contributed by atoms with Gasteiger partial charge in [-0.15, -0.1) is 11.6 Å². The summed E-state index contributed by atoms with van der Waals surface area (Å²) in [7, 11) is 0. The van der Waals surface area contributed by atoms with Gasteiger partial charge < -0.3 is 10.4 Å². The van der Waals surface area contributed by atoms with Crippen molar-refractivity contribution in [2.45, 2.75) is 12.3 Å². The van der Waals surface area contributed by atoms with Crippen LogP contribution in [0.3, 0.4) is 0 Å². The maximum Gasteiger partial charge on any atom is 0.251 e. The highest BCUT2D eigenvalue weighted by atomic mass is 35.5. The molecule has 20 heavy (non-hydrogen) atoms. The van der Waals surface area contributed by atoms with Gasteiger partial charge in [-0.2, -0.15) is 0 Å². The minimum Gasteiger partial charge on any atom is -0.508 e. The lowest BCUT2D eigenvalue weighted by Gasteiger charge is -2.06. The molecule has 0 radical (unpaired) electrons. The number of carbonyl (C=O) groups is 1. The Morgan fingerprint density at radius 2 is 1.85 bits per heavy atom. The number of phenols is 1. The van der Waals surface area contributed by atoms with Crippen LogP contribution in [0.15, 0.2) is 48.5 Å². The highest BCUT2D eigenvalue weighted by molar-refractivity contribution is 6.17. The molecule has 0 aliphatic carbocycles. The van der Waals surface area contributed by atoms with E-state index in [0.717, 1.165) is 17.5 Å². The Balaban J connectivity index is 1.87. The van der Waals surface area contributed by atoms with Crippen LogP contribution in [-0.2, 0) is 12.3 Å². The van der Waals surface area contributed by atoms with E-state index in [0.29, 0.717) is 18.0 Å². The number of hydrogen-bond acceptors (Lipinski definition) is 2. The van der Waals surface area contributed by atoms with Gasteiger partial charge in [-0.05, 0) is 41.8 Å². The first kappa shape index (κ1) is 14.4. The van der Waals surface area contributed by atoms with Crippen molar-refractivity contribution in [2.75, 3.05) is 6.54 Å². The molecule has 0 heterocycles. The number of hydrogen-bond donors (Lipinski definition) is 2. The smallest absolute Gasteiger partial charge is 0.251 e. The van der Waals surface area contributed by atoms with Gasteiger partial charge in [-0.1, -0.05) is 24.3 Å². The normalized spacial score (nSPS) is 10.2. The molecule has 0 atom stereocenters. The van der Waals surface area contributed by atoms with Crippen molar-refractivity contribution in [3.63, 3.8) is 0 Å². The average molecular weight is 290 g/mol. The number of nitrogens with one attached hydrogen (secondary N) is 1. The van der Waals surface area contributed by atoms with Gasteiger partial charge in [0.05, 0.1) is 0 Å². The van der Waals surface area contributed by atoms with Crippen LogP contribution in [0.25, 0.3) is 0 Å². The fourth-order valence-corrected chi connectivity index (χ4v) is 2.05. The van der Waals surface area contributed by atoms with Gasteiger partial charge in [0.15, 0.2) is 0 Å². The summed E-state index contributed by atoms with van der Waals surface area (Å²) >= 11 is 5.75. The average Bonchev–Trinajstić information content (AvgIpc) is 2.49. The van der Waals surface area contributed by atoms with Gasteiger partial charge in [-0.25, -0.2) is 0 Å². The van der Waals surface area contributed by atoms with E-state index >= 15 is 0 Å². The first-order valence-electron chi connectivity index (χ1n) is 6.40. The molecule has 2 aromatic rings. The Labute approximate surface area is 123 Å². The molecule has 0 unspecified atom stereocenters. The molecule has 0 aromatic heterocycles. The predicted molar refractivity (Wildman–Crippen MR) is 80.1 cm³/mol. The molecule has 0 spiro atoms. The van der Waals surface area contributed by atoms with Crippen LogP contribution in [0, 0.1) is 0 Å². The van der Waals surface area contributed by atoms with E-state index in [1.165, 1.54) is 0 Å². The maximum atomic E-state index is 12.0. The zero-order valence-corrected chi connectivity index (χ0v) is 11.7. The molecule has 4 heteroatoms. The Bertz CT molecular complexity index is 581. The van der Waals surface area contributed by atoms with E-state index in [4.69, 9.17) is 11.6 Å². The monoisotopic (exact) mass is 289 g/mol. The molecule has 0 saturated carbocycles. The predicted octanol–water partition coefficient (Wildman–Crippen LogP) is 3.10. The Kier molecular flexibility index (Phi) is 5.02. The van der Waals surface area contributed by atoms with Crippen LogP contribution in [0.1, 0.15) is 21.5 Å². The van der Waals surface area contributed by atoms with Crippen LogP contribution in [0.2, 0.25) is 0 Å². The molecular weight excluding hydrogens is 274 g/mol. The summed E-state index contributed by atoms with van der Waals surface area (Å²) in [6.45, 7) is 0.550. The first-order valence-corrected chi connectivity index (χ1v) is 6.93. The van der Waals surface area contributed by atoms with Gasteiger partial charge in [0.2, 0.25) is 0 Å². The molecular formula is C16H16ClNO2. The van der Waals surface area contributed by atoms with Crippen LogP contribution < -0.4 is 5.32 Å². The van der Waals surface area contributed by atoms with E-state index in [1.54, 1.807) is 24.3 Å².